The molecule has 0 radical (unpaired) electrons. The number of rotatable bonds is 8. The molecule has 1 aliphatic carbocycles. The van der Waals surface area contributed by atoms with E-state index in [0.717, 1.165) is 32.2 Å². The molecule has 0 bridgehead atoms. The third-order valence-corrected chi connectivity index (χ3v) is 4.87. The molecule has 4 heteroatoms. The summed E-state index contributed by atoms with van der Waals surface area (Å²) in [6, 6.07) is 5.08. The highest BCUT2D eigenvalue weighted by molar-refractivity contribution is 6.31. The molecule has 1 aromatic rings. The van der Waals surface area contributed by atoms with E-state index in [1.807, 2.05) is 0 Å². The van der Waals surface area contributed by atoms with Crippen LogP contribution in [0, 0.1) is 5.82 Å². The van der Waals surface area contributed by atoms with Crippen LogP contribution >= 0.6 is 11.6 Å². The van der Waals surface area contributed by atoms with Gasteiger partial charge in [0.25, 0.3) is 0 Å². The monoisotopic (exact) mass is 313 g/mol. The summed E-state index contributed by atoms with van der Waals surface area (Å²) in [7, 11) is 1.78. The molecule has 1 aromatic carbocycles. The fourth-order valence-corrected chi connectivity index (χ4v) is 3.29. The fourth-order valence-electron chi connectivity index (χ4n) is 3.05. The predicted octanol–water partition coefficient (Wildman–Crippen LogP) is 4.35. The SMILES string of the molecule is CCCNC(Cc1c(F)cccc1Cl)CC1(OC)CCC1. The first-order chi connectivity index (χ1) is 10.1. The van der Waals surface area contributed by atoms with Crippen LogP contribution in [0.25, 0.3) is 0 Å². The largest absolute Gasteiger partial charge is 0.378 e. The molecule has 1 aliphatic rings. The van der Waals surface area contributed by atoms with Crippen molar-refractivity contribution >= 4 is 11.6 Å². The van der Waals surface area contributed by atoms with Gasteiger partial charge in [-0.3, -0.25) is 0 Å². The van der Waals surface area contributed by atoms with Crippen molar-refractivity contribution in [2.75, 3.05) is 13.7 Å². The van der Waals surface area contributed by atoms with Crippen molar-refractivity contribution < 1.29 is 9.13 Å². The van der Waals surface area contributed by atoms with Crippen molar-refractivity contribution in [2.24, 2.45) is 0 Å². The first kappa shape index (κ1) is 16.7. The number of nitrogens with one attached hydrogen (secondary N) is 1. The van der Waals surface area contributed by atoms with Crippen LogP contribution in [0.5, 0.6) is 0 Å². The van der Waals surface area contributed by atoms with E-state index in [0.29, 0.717) is 17.0 Å². The van der Waals surface area contributed by atoms with Crippen LogP contribution in [0.1, 0.15) is 44.6 Å². The number of ether oxygens (including phenoxy) is 1. The minimum Gasteiger partial charge on any atom is -0.378 e. The van der Waals surface area contributed by atoms with Crippen LogP contribution in [0.2, 0.25) is 5.02 Å². The first-order valence-corrected chi connectivity index (χ1v) is 8.19. The molecule has 1 fully saturated rings. The number of halogens is 2. The maximum Gasteiger partial charge on any atom is 0.127 e. The summed E-state index contributed by atoms with van der Waals surface area (Å²) in [5.74, 6) is -0.217. The quantitative estimate of drug-likeness (QED) is 0.770. The average molecular weight is 314 g/mol. The van der Waals surface area contributed by atoms with Crippen molar-refractivity contribution in [2.45, 2.75) is 57.1 Å². The highest BCUT2D eigenvalue weighted by Gasteiger charge is 2.39. The predicted molar refractivity (Wildman–Crippen MR) is 85.4 cm³/mol. The maximum absolute atomic E-state index is 14.0. The minimum atomic E-state index is -0.217. The summed E-state index contributed by atoms with van der Waals surface area (Å²) in [6.45, 7) is 3.06. The zero-order valence-electron chi connectivity index (χ0n) is 12.9. The Balaban J connectivity index is 2.08. The van der Waals surface area contributed by atoms with Crippen LogP contribution in [-0.4, -0.2) is 25.3 Å². The van der Waals surface area contributed by atoms with E-state index in [4.69, 9.17) is 16.3 Å². The molecule has 2 nitrogen and oxygen atoms in total. The first-order valence-electron chi connectivity index (χ1n) is 7.81. The molecular formula is C17H25ClFNO. The van der Waals surface area contributed by atoms with Crippen molar-refractivity contribution in [3.63, 3.8) is 0 Å². The molecule has 1 N–H and O–H groups in total. The Kier molecular flexibility index (Phi) is 6.03. The second-order valence-electron chi connectivity index (χ2n) is 6.00. The van der Waals surface area contributed by atoms with Gasteiger partial charge in [0.15, 0.2) is 0 Å². The summed E-state index contributed by atoms with van der Waals surface area (Å²) in [5.41, 5.74) is 0.585. The Labute approximate surface area is 132 Å². The maximum atomic E-state index is 14.0. The lowest BCUT2D eigenvalue weighted by Crippen LogP contribution is -2.46. The minimum absolute atomic E-state index is 0.0247. The van der Waals surface area contributed by atoms with Crippen molar-refractivity contribution in [3.8, 4) is 0 Å². The number of benzene rings is 1. The third-order valence-electron chi connectivity index (χ3n) is 4.51. The van der Waals surface area contributed by atoms with Gasteiger partial charge in [0, 0.05) is 23.7 Å². The van der Waals surface area contributed by atoms with Crippen LogP contribution in [-0.2, 0) is 11.2 Å². The fraction of sp³-hybridized carbons (Fsp3) is 0.647. The van der Waals surface area contributed by atoms with Gasteiger partial charge in [-0.2, -0.15) is 0 Å². The number of hydrogen-bond donors (Lipinski definition) is 1. The van der Waals surface area contributed by atoms with Gasteiger partial charge in [-0.05, 0) is 57.2 Å². The van der Waals surface area contributed by atoms with E-state index in [-0.39, 0.29) is 17.5 Å². The average Bonchev–Trinajstić information content (AvgIpc) is 2.43. The second kappa shape index (κ2) is 7.57. The van der Waals surface area contributed by atoms with E-state index in [2.05, 4.69) is 12.2 Å². The van der Waals surface area contributed by atoms with E-state index in [1.54, 1.807) is 19.2 Å². The lowest BCUT2D eigenvalue weighted by molar-refractivity contribution is -0.0834. The smallest absolute Gasteiger partial charge is 0.127 e. The molecule has 0 aliphatic heterocycles. The van der Waals surface area contributed by atoms with Gasteiger partial charge in [0.1, 0.15) is 5.82 Å². The molecule has 21 heavy (non-hydrogen) atoms. The van der Waals surface area contributed by atoms with Gasteiger partial charge in [-0.25, -0.2) is 4.39 Å². The highest BCUT2D eigenvalue weighted by atomic mass is 35.5. The van der Waals surface area contributed by atoms with Crippen LogP contribution < -0.4 is 5.32 Å². The lowest BCUT2D eigenvalue weighted by Gasteiger charge is -2.43. The molecule has 1 unspecified atom stereocenters. The zero-order valence-corrected chi connectivity index (χ0v) is 13.7. The highest BCUT2D eigenvalue weighted by Crippen LogP contribution is 2.39. The lowest BCUT2D eigenvalue weighted by atomic mass is 9.75. The van der Waals surface area contributed by atoms with E-state index >= 15 is 0 Å². The van der Waals surface area contributed by atoms with Gasteiger partial charge >= 0.3 is 0 Å². The van der Waals surface area contributed by atoms with Gasteiger partial charge in [-0.15, -0.1) is 0 Å². The van der Waals surface area contributed by atoms with Gasteiger partial charge in [-0.1, -0.05) is 24.6 Å². The molecule has 1 atom stereocenters. The summed E-state index contributed by atoms with van der Waals surface area (Å²) in [4.78, 5) is 0. The molecule has 0 aromatic heterocycles. The second-order valence-corrected chi connectivity index (χ2v) is 6.41. The van der Waals surface area contributed by atoms with E-state index < -0.39 is 0 Å². The zero-order chi connectivity index (χ0) is 15.3. The third kappa shape index (κ3) is 4.18. The van der Waals surface area contributed by atoms with E-state index in [9.17, 15) is 4.39 Å². The van der Waals surface area contributed by atoms with Gasteiger partial charge < -0.3 is 10.1 Å². The van der Waals surface area contributed by atoms with Crippen molar-refractivity contribution in [1.29, 1.82) is 0 Å². The molecule has 1 saturated carbocycles. The molecule has 118 valence electrons. The summed E-state index contributed by atoms with van der Waals surface area (Å²) >= 11 is 6.16. The van der Waals surface area contributed by atoms with Gasteiger partial charge in [0.2, 0.25) is 0 Å². The molecular weight excluding hydrogens is 289 g/mol. The van der Waals surface area contributed by atoms with Crippen LogP contribution in [0.3, 0.4) is 0 Å². The number of hydrogen-bond acceptors (Lipinski definition) is 2. The molecule has 0 spiro atoms. The Morgan fingerprint density at radius 3 is 2.71 bits per heavy atom. The van der Waals surface area contributed by atoms with Crippen LogP contribution in [0.4, 0.5) is 4.39 Å². The standard InChI is InChI=1S/C17H25ClFNO/c1-3-10-20-13(12-17(21-2)8-5-9-17)11-14-15(18)6-4-7-16(14)19/h4,6-7,13,20H,3,5,8-12H2,1-2H3. The van der Waals surface area contributed by atoms with E-state index in [1.165, 1.54) is 12.5 Å². The van der Waals surface area contributed by atoms with Crippen molar-refractivity contribution in [1.82, 2.24) is 5.32 Å². The Bertz CT molecular complexity index is 436. The van der Waals surface area contributed by atoms with Crippen LogP contribution in [0.15, 0.2) is 18.2 Å². The van der Waals surface area contributed by atoms with Gasteiger partial charge in [0.05, 0.1) is 5.60 Å². The Hall–Kier alpha value is -0.640. The molecule has 0 heterocycles. The number of methoxy groups -OCH3 is 1. The molecule has 0 amide bonds. The summed E-state index contributed by atoms with van der Waals surface area (Å²) < 4.78 is 19.7. The molecule has 0 saturated heterocycles. The topological polar surface area (TPSA) is 21.3 Å². The Morgan fingerprint density at radius 2 is 2.19 bits per heavy atom. The summed E-state index contributed by atoms with van der Waals surface area (Å²) in [5, 5.41) is 4.04. The molecule has 2 rings (SSSR count). The van der Waals surface area contributed by atoms with Crippen molar-refractivity contribution in [3.05, 3.63) is 34.6 Å². The normalized spacial score (nSPS) is 18.3. The Morgan fingerprint density at radius 1 is 1.43 bits per heavy atom. The summed E-state index contributed by atoms with van der Waals surface area (Å²) in [6.07, 6.45) is 5.98.